The summed E-state index contributed by atoms with van der Waals surface area (Å²) in [7, 11) is 0. The van der Waals surface area contributed by atoms with Crippen molar-refractivity contribution in [2.75, 3.05) is 24.5 Å². The summed E-state index contributed by atoms with van der Waals surface area (Å²) in [6, 6.07) is 3.95. The Bertz CT molecular complexity index is 591. The summed E-state index contributed by atoms with van der Waals surface area (Å²) in [6.45, 7) is 4.74. The first-order chi connectivity index (χ1) is 10.9. The van der Waals surface area contributed by atoms with Gasteiger partial charge in [0, 0.05) is 12.2 Å². The molecule has 1 aromatic carbocycles. The number of nitrogens with zero attached hydrogens (tertiary/aromatic N) is 2. The maximum atomic E-state index is 13.3. The molecule has 1 fully saturated rings. The summed E-state index contributed by atoms with van der Waals surface area (Å²) in [6.07, 6.45) is 2.24. The Balaban J connectivity index is 2.24. The second-order valence-electron chi connectivity index (χ2n) is 5.94. The molecule has 1 atom stereocenters. The minimum atomic E-state index is -0.929. The van der Waals surface area contributed by atoms with Crippen LogP contribution in [0.3, 0.4) is 0 Å². The zero-order valence-corrected chi connectivity index (χ0v) is 13.6. The van der Waals surface area contributed by atoms with Crippen molar-refractivity contribution in [1.29, 1.82) is 0 Å². The zero-order chi connectivity index (χ0) is 17.0. The first kappa shape index (κ1) is 17.4. The Morgan fingerprint density at radius 1 is 1.48 bits per heavy atom. The SMILES string of the molecule is CCCN(CC(=O)O)C1CCCN(c2ccc(F)cc2C)C1=O. The molecular weight excluding hydrogens is 299 g/mol. The number of piperidine rings is 1. The van der Waals surface area contributed by atoms with Gasteiger partial charge in [0.05, 0.1) is 12.6 Å². The molecule has 0 saturated carbocycles. The average molecular weight is 322 g/mol. The van der Waals surface area contributed by atoms with Gasteiger partial charge in [-0.2, -0.15) is 0 Å². The van der Waals surface area contributed by atoms with Crippen molar-refractivity contribution in [2.24, 2.45) is 0 Å². The highest BCUT2D eigenvalue weighted by Gasteiger charge is 2.34. The molecule has 1 amide bonds. The van der Waals surface area contributed by atoms with E-state index in [1.807, 2.05) is 6.92 Å². The number of amides is 1. The Morgan fingerprint density at radius 3 is 2.83 bits per heavy atom. The highest BCUT2D eigenvalue weighted by Crippen LogP contribution is 2.27. The summed E-state index contributed by atoms with van der Waals surface area (Å²) >= 11 is 0. The number of anilines is 1. The lowest BCUT2D eigenvalue weighted by molar-refractivity contribution is -0.140. The molecule has 1 heterocycles. The third-order valence-electron chi connectivity index (χ3n) is 4.15. The van der Waals surface area contributed by atoms with Crippen LogP contribution in [-0.2, 0) is 9.59 Å². The normalized spacial score (nSPS) is 18.5. The number of halogens is 1. The van der Waals surface area contributed by atoms with Crippen LogP contribution in [0, 0.1) is 12.7 Å². The molecule has 0 aliphatic carbocycles. The van der Waals surface area contributed by atoms with E-state index in [1.165, 1.54) is 12.1 Å². The number of aliphatic carboxylic acids is 1. The van der Waals surface area contributed by atoms with Gasteiger partial charge in [-0.15, -0.1) is 0 Å². The predicted octanol–water partition coefficient (Wildman–Crippen LogP) is 2.43. The van der Waals surface area contributed by atoms with Crippen molar-refractivity contribution in [3.05, 3.63) is 29.6 Å². The highest BCUT2D eigenvalue weighted by atomic mass is 19.1. The van der Waals surface area contributed by atoms with E-state index < -0.39 is 12.0 Å². The van der Waals surface area contributed by atoms with Gasteiger partial charge in [-0.05, 0) is 56.5 Å². The molecule has 1 unspecified atom stereocenters. The van der Waals surface area contributed by atoms with Crippen LogP contribution in [-0.4, -0.2) is 47.6 Å². The van der Waals surface area contributed by atoms with Crippen LogP contribution in [0.25, 0.3) is 0 Å². The monoisotopic (exact) mass is 322 g/mol. The van der Waals surface area contributed by atoms with Gasteiger partial charge in [0.1, 0.15) is 5.82 Å². The van der Waals surface area contributed by atoms with Gasteiger partial charge in [0.15, 0.2) is 0 Å². The summed E-state index contributed by atoms with van der Waals surface area (Å²) in [5, 5.41) is 9.08. The van der Waals surface area contributed by atoms with Crippen LogP contribution in [0.1, 0.15) is 31.7 Å². The number of rotatable bonds is 6. The number of hydrogen-bond acceptors (Lipinski definition) is 3. The van der Waals surface area contributed by atoms with Crippen molar-refractivity contribution >= 4 is 17.6 Å². The van der Waals surface area contributed by atoms with Gasteiger partial charge >= 0.3 is 5.97 Å². The van der Waals surface area contributed by atoms with Crippen LogP contribution >= 0.6 is 0 Å². The number of carbonyl (C=O) groups excluding carboxylic acids is 1. The Kier molecular flexibility index (Phi) is 5.71. The number of carboxylic acids is 1. The van der Waals surface area contributed by atoms with Gasteiger partial charge in [-0.25, -0.2) is 4.39 Å². The summed E-state index contributed by atoms with van der Waals surface area (Å²) in [4.78, 5) is 27.3. The molecule has 1 N–H and O–H groups in total. The largest absolute Gasteiger partial charge is 0.480 e. The molecule has 126 valence electrons. The van der Waals surface area contributed by atoms with Crippen LogP contribution < -0.4 is 4.90 Å². The van der Waals surface area contributed by atoms with E-state index in [-0.39, 0.29) is 18.3 Å². The first-order valence-corrected chi connectivity index (χ1v) is 7.97. The van der Waals surface area contributed by atoms with E-state index in [9.17, 15) is 14.0 Å². The number of benzene rings is 1. The highest BCUT2D eigenvalue weighted by molar-refractivity contribution is 5.98. The molecule has 1 aromatic rings. The molecule has 2 rings (SSSR count). The Hall–Kier alpha value is -1.95. The molecule has 6 heteroatoms. The Labute approximate surface area is 135 Å². The second-order valence-corrected chi connectivity index (χ2v) is 5.94. The lowest BCUT2D eigenvalue weighted by atomic mass is 10.0. The van der Waals surface area contributed by atoms with Crippen LogP contribution in [0.2, 0.25) is 0 Å². The fourth-order valence-corrected chi connectivity index (χ4v) is 3.16. The zero-order valence-electron chi connectivity index (χ0n) is 13.6. The summed E-state index contributed by atoms with van der Waals surface area (Å²) in [5.41, 5.74) is 1.41. The maximum absolute atomic E-state index is 13.3. The first-order valence-electron chi connectivity index (χ1n) is 7.97. The molecule has 1 aliphatic heterocycles. The van der Waals surface area contributed by atoms with Crippen molar-refractivity contribution in [3.63, 3.8) is 0 Å². The molecule has 0 aromatic heterocycles. The van der Waals surface area contributed by atoms with Gasteiger partial charge in [0.2, 0.25) is 5.91 Å². The van der Waals surface area contributed by atoms with E-state index in [1.54, 1.807) is 22.8 Å². The molecule has 5 nitrogen and oxygen atoms in total. The molecule has 0 bridgehead atoms. The van der Waals surface area contributed by atoms with Crippen molar-refractivity contribution in [3.8, 4) is 0 Å². The molecule has 1 saturated heterocycles. The number of hydrogen-bond donors (Lipinski definition) is 1. The van der Waals surface area contributed by atoms with Crippen molar-refractivity contribution in [1.82, 2.24) is 4.90 Å². The van der Waals surface area contributed by atoms with Gasteiger partial charge < -0.3 is 10.0 Å². The van der Waals surface area contributed by atoms with E-state index in [0.29, 0.717) is 30.8 Å². The maximum Gasteiger partial charge on any atom is 0.317 e. The molecule has 23 heavy (non-hydrogen) atoms. The van der Waals surface area contributed by atoms with Gasteiger partial charge in [-0.1, -0.05) is 6.92 Å². The Morgan fingerprint density at radius 2 is 2.22 bits per heavy atom. The average Bonchev–Trinajstić information content (AvgIpc) is 2.47. The topological polar surface area (TPSA) is 60.9 Å². The van der Waals surface area contributed by atoms with Crippen molar-refractivity contribution in [2.45, 2.75) is 39.2 Å². The summed E-state index contributed by atoms with van der Waals surface area (Å²) in [5.74, 6) is -1.35. The van der Waals surface area contributed by atoms with E-state index >= 15 is 0 Å². The third kappa shape index (κ3) is 4.07. The third-order valence-corrected chi connectivity index (χ3v) is 4.15. The number of carbonyl (C=O) groups is 2. The quantitative estimate of drug-likeness (QED) is 0.874. The lowest BCUT2D eigenvalue weighted by Gasteiger charge is -2.38. The lowest BCUT2D eigenvalue weighted by Crippen LogP contribution is -2.54. The van der Waals surface area contributed by atoms with Crippen LogP contribution in [0.4, 0.5) is 10.1 Å². The second kappa shape index (κ2) is 7.55. The van der Waals surface area contributed by atoms with Gasteiger partial charge in [-0.3, -0.25) is 14.5 Å². The summed E-state index contributed by atoms with van der Waals surface area (Å²) < 4.78 is 13.3. The molecule has 0 radical (unpaired) electrons. The number of carboxylic acid groups (broad SMARTS) is 1. The fourth-order valence-electron chi connectivity index (χ4n) is 3.16. The minimum absolute atomic E-state index is 0.0966. The standard InChI is InChI=1S/C17H23FN2O3/c1-3-8-19(11-16(21)22)15-5-4-9-20(17(15)23)14-7-6-13(18)10-12(14)2/h6-7,10,15H,3-5,8-9,11H2,1-2H3,(H,21,22). The van der Waals surface area contributed by atoms with Crippen molar-refractivity contribution < 1.29 is 19.1 Å². The minimum Gasteiger partial charge on any atom is -0.480 e. The van der Waals surface area contributed by atoms with E-state index in [0.717, 1.165) is 12.8 Å². The van der Waals surface area contributed by atoms with E-state index in [2.05, 4.69) is 0 Å². The van der Waals surface area contributed by atoms with E-state index in [4.69, 9.17) is 5.11 Å². The molecular formula is C17H23FN2O3. The molecule has 1 aliphatic rings. The van der Waals surface area contributed by atoms with Crippen LogP contribution in [0.15, 0.2) is 18.2 Å². The smallest absolute Gasteiger partial charge is 0.317 e. The number of aryl methyl sites for hydroxylation is 1. The fraction of sp³-hybridized carbons (Fsp3) is 0.529. The van der Waals surface area contributed by atoms with Gasteiger partial charge in [0.25, 0.3) is 0 Å². The predicted molar refractivity (Wildman–Crippen MR) is 86.0 cm³/mol. The van der Waals surface area contributed by atoms with Crippen LogP contribution in [0.5, 0.6) is 0 Å². The molecule has 0 spiro atoms.